The number of nitrogens with zero attached hydrogens (tertiary/aromatic N) is 2. The van der Waals surface area contributed by atoms with Crippen molar-refractivity contribution in [1.82, 2.24) is 15.1 Å². The fourth-order valence-electron chi connectivity index (χ4n) is 3.26. The second-order valence-electron chi connectivity index (χ2n) is 5.93. The van der Waals surface area contributed by atoms with Gasteiger partial charge in [-0.15, -0.1) is 0 Å². The number of piperidine rings is 1. The predicted octanol–water partition coefficient (Wildman–Crippen LogP) is 2.97. The first-order chi connectivity index (χ1) is 10.8. The molecule has 1 N–H and O–H groups in total. The van der Waals surface area contributed by atoms with Gasteiger partial charge in [0.15, 0.2) is 0 Å². The van der Waals surface area contributed by atoms with E-state index in [1.54, 1.807) is 7.11 Å². The van der Waals surface area contributed by atoms with E-state index in [0.29, 0.717) is 5.92 Å². The van der Waals surface area contributed by atoms with Gasteiger partial charge in [-0.25, -0.2) is 0 Å². The van der Waals surface area contributed by atoms with Crippen molar-refractivity contribution in [3.8, 4) is 5.75 Å². The molecule has 1 aromatic heterocycles. The Bertz CT molecular complexity index is 615. The molecule has 0 amide bonds. The topological polar surface area (TPSA) is 39.1 Å². The minimum Gasteiger partial charge on any atom is -0.497 e. The van der Waals surface area contributed by atoms with E-state index >= 15 is 0 Å². The average molecular weight is 299 g/mol. The number of ether oxygens (including phenoxy) is 1. The van der Waals surface area contributed by atoms with E-state index in [0.717, 1.165) is 37.5 Å². The summed E-state index contributed by atoms with van der Waals surface area (Å²) in [4.78, 5) is 0. The third-order valence-corrected chi connectivity index (χ3v) is 4.44. The van der Waals surface area contributed by atoms with Gasteiger partial charge in [-0.3, -0.25) is 4.68 Å². The van der Waals surface area contributed by atoms with Crippen molar-refractivity contribution in [2.24, 2.45) is 0 Å². The molecule has 1 aromatic carbocycles. The highest BCUT2D eigenvalue weighted by Gasteiger charge is 2.20. The summed E-state index contributed by atoms with van der Waals surface area (Å²) in [6, 6.07) is 10.6. The van der Waals surface area contributed by atoms with Crippen molar-refractivity contribution in [3.05, 3.63) is 47.3 Å². The van der Waals surface area contributed by atoms with Crippen LogP contribution in [0.1, 0.15) is 42.6 Å². The van der Waals surface area contributed by atoms with Gasteiger partial charge in [0.2, 0.25) is 0 Å². The number of methoxy groups -OCH3 is 1. The maximum Gasteiger partial charge on any atom is 0.119 e. The van der Waals surface area contributed by atoms with Crippen LogP contribution in [0.2, 0.25) is 0 Å². The van der Waals surface area contributed by atoms with Crippen LogP contribution in [-0.2, 0) is 13.0 Å². The van der Waals surface area contributed by atoms with Crippen molar-refractivity contribution < 1.29 is 4.74 Å². The summed E-state index contributed by atoms with van der Waals surface area (Å²) in [5.41, 5.74) is 3.81. The van der Waals surface area contributed by atoms with Crippen LogP contribution in [0, 0.1) is 0 Å². The molecule has 118 valence electrons. The van der Waals surface area contributed by atoms with Crippen molar-refractivity contribution in [2.75, 3.05) is 20.2 Å². The molecule has 0 unspecified atom stereocenters. The van der Waals surface area contributed by atoms with Gasteiger partial charge in [0, 0.05) is 24.6 Å². The Morgan fingerprint density at radius 1 is 1.27 bits per heavy atom. The normalized spacial score (nSPS) is 15.9. The zero-order valence-electron chi connectivity index (χ0n) is 13.5. The summed E-state index contributed by atoms with van der Waals surface area (Å²) in [7, 11) is 1.71. The van der Waals surface area contributed by atoms with Gasteiger partial charge >= 0.3 is 0 Å². The van der Waals surface area contributed by atoms with E-state index < -0.39 is 0 Å². The number of aromatic nitrogens is 2. The quantitative estimate of drug-likeness (QED) is 0.922. The standard InChI is InChI=1S/C18H25N3O/c1-3-21-18(15-7-9-19-10-8-15)13-16(20-21)11-14-5-4-6-17(12-14)22-2/h4-6,12-13,15,19H,3,7-11H2,1-2H3. The number of benzene rings is 1. The van der Waals surface area contributed by atoms with Crippen LogP contribution in [0.5, 0.6) is 5.75 Å². The van der Waals surface area contributed by atoms with Crippen molar-refractivity contribution in [3.63, 3.8) is 0 Å². The molecular formula is C18H25N3O. The highest BCUT2D eigenvalue weighted by atomic mass is 16.5. The summed E-state index contributed by atoms with van der Waals surface area (Å²) in [6.45, 7) is 5.35. The van der Waals surface area contributed by atoms with E-state index in [9.17, 15) is 0 Å². The first kappa shape index (κ1) is 15.1. The summed E-state index contributed by atoms with van der Waals surface area (Å²) >= 11 is 0. The number of hydrogen-bond acceptors (Lipinski definition) is 3. The molecule has 1 aliphatic heterocycles. The minimum atomic E-state index is 0.646. The van der Waals surface area contributed by atoms with Gasteiger partial charge in [-0.05, 0) is 56.6 Å². The number of rotatable bonds is 5. The van der Waals surface area contributed by atoms with Crippen molar-refractivity contribution in [1.29, 1.82) is 0 Å². The Balaban J connectivity index is 1.80. The summed E-state index contributed by atoms with van der Waals surface area (Å²) in [5, 5.41) is 8.25. The lowest BCUT2D eigenvalue weighted by Gasteiger charge is -2.23. The van der Waals surface area contributed by atoms with E-state index in [4.69, 9.17) is 9.84 Å². The van der Waals surface area contributed by atoms with Crippen LogP contribution in [0.25, 0.3) is 0 Å². The molecule has 0 aliphatic carbocycles. The third kappa shape index (κ3) is 3.33. The Hall–Kier alpha value is -1.81. The van der Waals surface area contributed by atoms with Crippen molar-refractivity contribution in [2.45, 2.75) is 38.6 Å². The second kappa shape index (κ2) is 6.97. The molecule has 0 radical (unpaired) electrons. The monoisotopic (exact) mass is 299 g/mol. The molecule has 4 heteroatoms. The molecule has 1 aliphatic rings. The van der Waals surface area contributed by atoms with Gasteiger partial charge in [0.05, 0.1) is 12.8 Å². The smallest absolute Gasteiger partial charge is 0.119 e. The summed E-state index contributed by atoms with van der Waals surface area (Å²) in [6.07, 6.45) is 3.29. The molecule has 1 fully saturated rings. The molecule has 1 saturated heterocycles. The average Bonchev–Trinajstić information content (AvgIpc) is 2.98. The van der Waals surface area contributed by atoms with Gasteiger partial charge < -0.3 is 10.1 Å². The number of hydrogen-bond donors (Lipinski definition) is 1. The van der Waals surface area contributed by atoms with Crippen LogP contribution >= 0.6 is 0 Å². The minimum absolute atomic E-state index is 0.646. The molecule has 0 saturated carbocycles. The van der Waals surface area contributed by atoms with Crippen LogP contribution < -0.4 is 10.1 Å². The maximum atomic E-state index is 5.31. The van der Waals surface area contributed by atoms with Crippen LogP contribution in [-0.4, -0.2) is 30.0 Å². The summed E-state index contributed by atoms with van der Waals surface area (Å²) in [5.74, 6) is 1.55. The Kier molecular flexibility index (Phi) is 4.78. The van der Waals surface area contributed by atoms with Gasteiger partial charge in [-0.1, -0.05) is 12.1 Å². The highest BCUT2D eigenvalue weighted by Crippen LogP contribution is 2.27. The Morgan fingerprint density at radius 2 is 2.09 bits per heavy atom. The van der Waals surface area contributed by atoms with Gasteiger partial charge in [0.25, 0.3) is 0 Å². The molecule has 3 rings (SSSR count). The molecular weight excluding hydrogens is 274 g/mol. The van der Waals surface area contributed by atoms with E-state index in [1.165, 1.54) is 24.1 Å². The number of nitrogens with one attached hydrogen (secondary N) is 1. The Labute approximate surface area is 132 Å². The van der Waals surface area contributed by atoms with E-state index in [2.05, 4.69) is 35.1 Å². The lowest BCUT2D eigenvalue weighted by atomic mass is 9.94. The SMILES string of the molecule is CCn1nc(Cc2cccc(OC)c2)cc1C1CCNCC1. The first-order valence-electron chi connectivity index (χ1n) is 8.20. The molecule has 22 heavy (non-hydrogen) atoms. The van der Waals surface area contributed by atoms with Gasteiger partial charge in [0.1, 0.15) is 5.75 Å². The van der Waals surface area contributed by atoms with E-state index in [-0.39, 0.29) is 0 Å². The zero-order chi connectivity index (χ0) is 15.4. The molecule has 0 atom stereocenters. The molecule has 4 nitrogen and oxygen atoms in total. The van der Waals surface area contributed by atoms with Crippen molar-refractivity contribution >= 4 is 0 Å². The van der Waals surface area contributed by atoms with Crippen LogP contribution in [0.4, 0.5) is 0 Å². The third-order valence-electron chi connectivity index (χ3n) is 4.44. The largest absolute Gasteiger partial charge is 0.497 e. The molecule has 0 spiro atoms. The van der Waals surface area contributed by atoms with Crippen LogP contribution in [0.15, 0.2) is 30.3 Å². The lowest BCUT2D eigenvalue weighted by Crippen LogP contribution is -2.27. The predicted molar refractivity (Wildman–Crippen MR) is 88.5 cm³/mol. The lowest BCUT2D eigenvalue weighted by molar-refractivity contribution is 0.414. The van der Waals surface area contributed by atoms with E-state index in [1.807, 2.05) is 12.1 Å². The molecule has 2 aromatic rings. The fraction of sp³-hybridized carbons (Fsp3) is 0.500. The van der Waals surface area contributed by atoms with Crippen LogP contribution in [0.3, 0.4) is 0 Å². The second-order valence-corrected chi connectivity index (χ2v) is 5.93. The fourth-order valence-corrected chi connectivity index (χ4v) is 3.26. The first-order valence-corrected chi connectivity index (χ1v) is 8.20. The zero-order valence-corrected chi connectivity index (χ0v) is 13.5. The Morgan fingerprint density at radius 3 is 2.82 bits per heavy atom. The van der Waals surface area contributed by atoms with Gasteiger partial charge in [-0.2, -0.15) is 5.10 Å². The maximum absolute atomic E-state index is 5.31. The number of aryl methyl sites for hydroxylation is 1. The summed E-state index contributed by atoms with van der Waals surface area (Å²) < 4.78 is 7.49. The molecule has 0 bridgehead atoms. The molecule has 2 heterocycles. The highest BCUT2D eigenvalue weighted by molar-refractivity contribution is 5.31.